The molecule has 38 heavy (non-hydrogen) atoms. The van der Waals surface area contributed by atoms with Gasteiger partial charge in [0.05, 0.1) is 32.4 Å². The van der Waals surface area contributed by atoms with E-state index in [0.29, 0.717) is 54.2 Å². The van der Waals surface area contributed by atoms with Crippen molar-refractivity contribution in [2.45, 2.75) is 12.5 Å². The van der Waals surface area contributed by atoms with Crippen molar-refractivity contribution < 1.29 is 23.8 Å². The van der Waals surface area contributed by atoms with Crippen LogP contribution in [0, 0.1) is 5.82 Å². The Morgan fingerprint density at radius 3 is 2.47 bits per heavy atom. The second-order valence-corrected chi connectivity index (χ2v) is 9.50. The number of benzene rings is 3. The van der Waals surface area contributed by atoms with E-state index < -0.39 is 17.8 Å². The number of rotatable bonds is 6. The molecule has 0 aromatic heterocycles. The summed E-state index contributed by atoms with van der Waals surface area (Å²) in [6.45, 7) is 2.53. The van der Waals surface area contributed by atoms with Crippen LogP contribution < -0.4 is 19.3 Å². The van der Waals surface area contributed by atoms with Crippen LogP contribution in [0.1, 0.15) is 18.0 Å². The van der Waals surface area contributed by atoms with Crippen LogP contribution in [0.3, 0.4) is 0 Å². The number of fused-ring (bicyclic) bond motifs is 1. The number of para-hydroxylation sites is 1. The van der Waals surface area contributed by atoms with Crippen molar-refractivity contribution in [2.75, 3.05) is 50.2 Å². The molecule has 2 aliphatic heterocycles. The molecule has 0 spiro atoms. The van der Waals surface area contributed by atoms with Gasteiger partial charge in [0.15, 0.2) is 0 Å². The molecular weight excluding hydrogens is 511 g/mol. The molecule has 1 fully saturated rings. The predicted octanol–water partition coefficient (Wildman–Crippen LogP) is 5.34. The summed E-state index contributed by atoms with van der Waals surface area (Å²) in [4.78, 5) is 22.9. The van der Waals surface area contributed by atoms with Crippen LogP contribution in [-0.4, -0.2) is 62.3 Å². The zero-order valence-corrected chi connectivity index (χ0v) is 21.9. The van der Waals surface area contributed by atoms with E-state index in [1.54, 1.807) is 44.6 Å². The minimum Gasteiger partial charge on any atom is -0.497 e. The van der Waals surface area contributed by atoms with Crippen LogP contribution in [0.25, 0.3) is 0 Å². The molecule has 8 nitrogen and oxygen atoms in total. The largest absolute Gasteiger partial charge is 0.497 e. The van der Waals surface area contributed by atoms with Crippen molar-refractivity contribution >= 4 is 40.6 Å². The molecule has 2 aliphatic rings. The summed E-state index contributed by atoms with van der Waals surface area (Å²) in [7, 11) is 3.18. The lowest BCUT2D eigenvalue weighted by Gasteiger charge is -2.45. The SMILES string of the molecule is COc1cccc(N2CCN(C3=Nc4c(F)cccc4C(CC(=O)O)N3c3cc(Cl)ccc3OC)CC2)c1. The first-order valence-electron chi connectivity index (χ1n) is 12.2. The van der Waals surface area contributed by atoms with Crippen LogP contribution in [-0.2, 0) is 4.79 Å². The van der Waals surface area contributed by atoms with Crippen molar-refractivity contribution in [3.63, 3.8) is 0 Å². The first kappa shape index (κ1) is 25.7. The number of aliphatic carboxylic acids is 1. The number of hydrogen-bond acceptors (Lipinski definition) is 7. The van der Waals surface area contributed by atoms with E-state index >= 15 is 4.39 Å². The van der Waals surface area contributed by atoms with Gasteiger partial charge in [0, 0.05) is 48.5 Å². The third-order valence-corrected chi connectivity index (χ3v) is 7.10. The Balaban J connectivity index is 1.56. The molecular formula is C28H28ClFN4O4. The van der Waals surface area contributed by atoms with Crippen molar-refractivity contribution in [1.29, 1.82) is 0 Å². The molecule has 1 N–H and O–H groups in total. The number of piperazine rings is 1. The number of halogens is 2. The fourth-order valence-corrected chi connectivity index (χ4v) is 5.21. The number of anilines is 2. The van der Waals surface area contributed by atoms with Crippen LogP contribution >= 0.6 is 11.6 Å². The molecule has 0 bridgehead atoms. The number of ether oxygens (including phenoxy) is 2. The van der Waals surface area contributed by atoms with E-state index in [1.807, 2.05) is 29.2 Å². The lowest BCUT2D eigenvalue weighted by molar-refractivity contribution is -0.137. The summed E-state index contributed by atoms with van der Waals surface area (Å²) in [5.74, 6) is 0.236. The fraction of sp³-hybridized carbons (Fsp3) is 0.286. The van der Waals surface area contributed by atoms with Crippen LogP contribution in [0.4, 0.5) is 21.5 Å². The Labute approximate surface area is 225 Å². The number of nitrogens with zero attached hydrogens (tertiary/aromatic N) is 4. The lowest BCUT2D eigenvalue weighted by Crippen LogP contribution is -2.55. The van der Waals surface area contributed by atoms with Gasteiger partial charge in [-0.2, -0.15) is 0 Å². The quantitative estimate of drug-likeness (QED) is 0.454. The third kappa shape index (κ3) is 4.93. The normalized spacial score (nSPS) is 17.1. The maximum absolute atomic E-state index is 15.1. The minimum absolute atomic E-state index is 0.154. The number of carbonyl (C=O) groups is 1. The molecule has 1 saturated heterocycles. The van der Waals surface area contributed by atoms with Gasteiger partial charge in [-0.3, -0.25) is 4.79 Å². The fourth-order valence-electron chi connectivity index (χ4n) is 5.04. The Hall–Kier alpha value is -3.98. The first-order chi connectivity index (χ1) is 18.4. The molecule has 1 atom stereocenters. The maximum atomic E-state index is 15.1. The molecule has 0 amide bonds. The summed E-state index contributed by atoms with van der Waals surface area (Å²) >= 11 is 6.39. The minimum atomic E-state index is -1.01. The summed E-state index contributed by atoms with van der Waals surface area (Å²) in [6.07, 6.45) is -0.269. The lowest BCUT2D eigenvalue weighted by atomic mass is 9.97. The predicted molar refractivity (Wildman–Crippen MR) is 146 cm³/mol. The van der Waals surface area contributed by atoms with Gasteiger partial charge in [0.1, 0.15) is 23.0 Å². The molecule has 0 saturated carbocycles. The Bertz CT molecular complexity index is 1380. The highest BCUT2D eigenvalue weighted by molar-refractivity contribution is 6.31. The van der Waals surface area contributed by atoms with Crippen molar-refractivity contribution in [3.05, 3.63) is 77.1 Å². The maximum Gasteiger partial charge on any atom is 0.305 e. The van der Waals surface area contributed by atoms with Crippen LogP contribution in [0.2, 0.25) is 5.02 Å². The number of carboxylic acid groups (broad SMARTS) is 1. The molecule has 3 aromatic carbocycles. The second-order valence-electron chi connectivity index (χ2n) is 9.06. The highest BCUT2D eigenvalue weighted by Crippen LogP contribution is 2.45. The van der Waals surface area contributed by atoms with E-state index in [0.717, 1.165) is 11.4 Å². The number of carboxylic acids is 1. The number of aliphatic imine (C=N–C) groups is 1. The smallest absolute Gasteiger partial charge is 0.305 e. The first-order valence-corrected chi connectivity index (χ1v) is 12.6. The van der Waals surface area contributed by atoms with Crippen LogP contribution in [0.5, 0.6) is 11.5 Å². The molecule has 5 rings (SSSR count). The summed E-state index contributed by atoms with van der Waals surface area (Å²) in [5.41, 5.74) is 2.26. The van der Waals surface area contributed by atoms with E-state index in [-0.39, 0.29) is 12.1 Å². The molecule has 198 valence electrons. The molecule has 0 radical (unpaired) electrons. The Kier molecular flexibility index (Phi) is 7.28. The van der Waals surface area contributed by atoms with Gasteiger partial charge in [0.2, 0.25) is 5.96 Å². The molecule has 1 unspecified atom stereocenters. The summed E-state index contributed by atoms with van der Waals surface area (Å²) in [5, 5.41) is 10.3. The van der Waals surface area contributed by atoms with Gasteiger partial charge in [-0.05, 0) is 36.4 Å². The summed E-state index contributed by atoms with van der Waals surface area (Å²) in [6, 6.07) is 17.0. The Morgan fingerprint density at radius 2 is 1.76 bits per heavy atom. The third-order valence-electron chi connectivity index (χ3n) is 6.87. The van der Waals surface area contributed by atoms with E-state index in [1.165, 1.54) is 6.07 Å². The number of hydrogen-bond donors (Lipinski definition) is 1. The van der Waals surface area contributed by atoms with Crippen molar-refractivity contribution in [2.24, 2.45) is 4.99 Å². The average molecular weight is 539 g/mol. The topological polar surface area (TPSA) is 77.8 Å². The van der Waals surface area contributed by atoms with Gasteiger partial charge < -0.3 is 29.3 Å². The molecule has 3 aromatic rings. The monoisotopic (exact) mass is 538 g/mol. The average Bonchev–Trinajstić information content (AvgIpc) is 2.93. The molecule has 2 heterocycles. The summed E-state index contributed by atoms with van der Waals surface area (Å²) < 4.78 is 26.1. The zero-order valence-electron chi connectivity index (χ0n) is 21.1. The van der Waals surface area contributed by atoms with Gasteiger partial charge in [-0.15, -0.1) is 0 Å². The zero-order chi connectivity index (χ0) is 26.8. The number of guanidine groups is 1. The van der Waals surface area contributed by atoms with Crippen molar-refractivity contribution in [1.82, 2.24) is 4.90 Å². The van der Waals surface area contributed by atoms with Crippen LogP contribution in [0.15, 0.2) is 65.7 Å². The number of methoxy groups -OCH3 is 2. The second kappa shape index (κ2) is 10.8. The Morgan fingerprint density at radius 1 is 1.03 bits per heavy atom. The molecule has 10 heteroatoms. The van der Waals surface area contributed by atoms with Gasteiger partial charge in [0.25, 0.3) is 0 Å². The highest BCUT2D eigenvalue weighted by Gasteiger charge is 2.38. The van der Waals surface area contributed by atoms with Crippen molar-refractivity contribution in [3.8, 4) is 11.5 Å². The van der Waals surface area contributed by atoms with E-state index in [4.69, 9.17) is 26.1 Å². The van der Waals surface area contributed by atoms with E-state index in [2.05, 4.69) is 9.80 Å². The van der Waals surface area contributed by atoms with Gasteiger partial charge in [-0.1, -0.05) is 29.8 Å². The van der Waals surface area contributed by atoms with Gasteiger partial charge >= 0.3 is 5.97 Å². The molecule has 0 aliphatic carbocycles. The van der Waals surface area contributed by atoms with E-state index in [9.17, 15) is 9.90 Å². The highest BCUT2D eigenvalue weighted by atomic mass is 35.5. The standard InChI is InChI=1S/C28H28ClFN4O4/c1-37-20-6-3-5-19(16-20)32-11-13-33(14-12-32)28-31-27-21(7-4-8-22(27)30)23(17-26(35)36)34(28)24-15-18(29)9-10-25(24)38-2/h3-10,15-16,23H,11-14,17H2,1-2H3,(H,35,36). The van der Waals surface area contributed by atoms with Gasteiger partial charge in [-0.25, -0.2) is 9.38 Å².